The van der Waals surface area contributed by atoms with Crippen molar-refractivity contribution in [1.82, 2.24) is 20.4 Å². The summed E-state index contributed by atoms with van der Waals surface area (Å²) in [6.07, 6.45) is 1.69. The molecule has 0 bridgehead atoms. The summed E-state index contributed by atoms with van der Waals surface area (Å²) in [4.78, 5) is 56.6. The summed E-state index contributed by atoms with van der Waals surface area (Å²) in [5.41, 5.74) is 0.805. The lowest BCUT2D eigenvalue weighted by Gasteiger charge is -2.42. The van der Waals surface area contributed by atoms with Gasteiger partial charge in [-0.15, -0.1) is 11.3 Å². The van der Waals surface area contributed by atoms with Gasteiger partial charge in [-0.25, -0.2) is 4.79 Å². The molecule has 1 aromatic heterocycles. The fourth-order valence-corrected chi connectivity index (χ4v) is 5.60. The highest BCUT2D eigenvalue weighted by Crippen LogP contribution is 2.22. The summed E-state index contributed by atoms with van der Waals surface area (Å²) in [5, 5.41) is 7.87. The molecule has 0 spiro atoms. The van der Waals surface area contributed by atoms with Gasteiger partial charge in [-0.05, 0) is 55.1 Å². The molecular weight excluding hydrogens is 508 g/mol. The van der Waals surface area contributed by atoms with Gasteiger partial charge in [0.1, 0.15) is 17.8 Å². The van der Waals surface area contributed by atoms with E-state index >= 15 is 0 Å². The van der Waals surface area contributed by atoms with Crippen LogP contribution in [-0.2, 0) is 25.5 Å². The molecule has 11 heteroatoms. The Morgan fingerprint density at radius 2 is 1.82 bits per heavy atom. The average molecular weight is 543 g/mol. The minimum Gasteiger partial charge on any atom is -0.497 e. The largest absolute Gasteiger partial charge is 0.497 e. The third kappa shape index (κ3) is 6.51. The van der Waals surface area contributed by atoms with Crippen LogP contribution >= 0.6 is 11.3 Å². The number of benzene rings is 1. The van der Waals surface area contributed by atoms with E-state index in [1.54, 1.807) is 41.7 Å². The fourth-order valence-electron chi connectivity index (χ4n) is 4.92. The fraction of sp³-hybridized carbons (Fsp3) is 0.481. The number of rotatable bonds is 8. The Balaban J connectivity index is 1.53. The molecule has 2 aliphatic heterocycles. The van der Waals surface area contributed by atoms with Crippen LogP contribution in [0.1, 0.15) is 28.1 Å². The minimum absolute atomic E-state index is 0.00951. The van der Waals surface area contributed by atoms with E-state index in [9.17, 15) is 19.2 Å². The zero-order valence-corrected chi connectivity index (χ0v) is 22.5. The molecule has 3 amide bonds. The molecule has 204 valence electrons. The number of hydrogen-bond donors (Lipinski definition) is 2. The van der Waals surface area contributed by atoms with E-state index in [1.807, 2.05) is 12.1 Å². The SMILES string of the molecule is COC(=O)[C@H](Cc1ccc(OC)cc1)NC(=O)[C@@H]1CN(C(=O)C2CCNCC2)CCN1C(=O)c1cccs1. The zero-order valence-electron chi connectivity index (χ0n) is 21.7. The second-order valence-electron chi connectivity index (χ2n) is 9.44. The van der Waals surface area contributed by atoms with E-state index in [1.165, 1.54) is 23.3 Å². The molecule has 3 heterocycles. The van der Waals surface area contributed by atoms with Gasteiger partial charge in [0.2, 0.25) is 11.8 Å². The number of thiophene rings is 1. The molecule has 0 aliphatic carbocycles. The van der Waals surface area contributed by atoms with E-state index in [2.05, 4.69) is 10.6 Å². The van der Waals surface area contributed by atoms with Crippen LogP contribution in [0.3, 0.4) is 0 Å². The number of ether oxygens (including phenoxy) is 2. The second-order valence-corrected chi connectivity index (χ2v) is 10.4. The quantitative estimate of drug-likeness (QED) is 0.483. The van der Waals surface area contributed by atoms with Crippen LogP contribution in [0, 0.1) is 5.92 Å². The van der Waals surface area contributed by atoms with Gasteiger partial charge in [0.05, 0.1) is 25.6 Å². The lowest BCUT2D eigenvalue weighted by Crippen LogP contribution is -2.63. The highest BCUT2D eigenvalue weighted by atomic mass is 32.1. The van der Waals surface area contributed by atoms with Crippen LogP contribution in [0.2, 0.25) is 0 Å². The van der Waals surface area contributed by atoms with Gasteiger partial charge in [0.15, 0.2) is 0 Å². The first-order chi connectivity index (χ1) is 18.4. The molecule has 2 saturated heterocycles. The third-order valence-corrected chi connectivity index (χ3v) is 7.93. The van der Waals surface area contributed by atoms with Crippen LogP contribution in [0.4, 0.5) is 0 Å². The zero-order chi connectivity index (χ0) is 27.1. The monoisotopic (exact) mass is 542 g/mol. The number of carbonyl (C=O) groups is 4. The molecule has 2 fully saturated rings. The summed E-state index contributed by atoms with van der Waals surface area (Å²) >= 11 is 1.30. The van der Waals surface area contributed by atoms with Gasteiger partial charge in [-0.2, -0.15) is 0 Å². The van der Waals surface area contributed by atoms with Crippen LogP contribution in [0.25, 0.3) is 0 Å². The lowest BCUT2D eigenvalue weighted by atomic mass is 9.95. The van der Waals surface area contributed by atoms with Crippen molar-refractivity contribution in [2.24, 2.45) is 5.92 Å². The molecule has 0 saturated carbocycles. The lowest BCUT2D eigenvalue weighted by molar-refractivity contribution is -0.147. The van der Waals surface area contributed by atoms with Crippen LogP contribution in [0.15, 0.2) is 41.8 Å². The van der Waals surface area contributed by atoms with Gasteiger partial charge in [0, 0.05) is 25.4 Å². The van der Waals surface area contributed by atoms with E-state index in [0.717, 1.165) is 31.5 Å². The molecule has 2 N–H and O–H groups in total. The molecular formula is C27H34N4O6S. The molecule has 2 aliphatic rings. The number of nitrogens with one attached hydrogen (secondary N) is 2. The number of nitrogens with zero attached hydrogens (tertiary/aromatic N) is 2. The maximum atomic E-state index is 13.7. The number of esters is 1. The summed E-state index contributed by atoms with van der Waals surface area (Å²) in [5.74, 6) is -0.771. The number of hydrogen-bond acceptors (Lipinski definition) is 8. The number of amides is 3. The van der Waals surface area contributed by atoms with Crippen molar-refractivity contribution in [3.05, 3.63) is 52.2 Å². The summed E-state index contributed by atoms with van der Waals surface area (Å²) in [7, 11) is 2.83. The predicted molar refractivity (Wildman–Crippen MR) is 142 cm³/mol. The number of methoxy groups -OCH3 is 2. The van der Waals surface area contributed by atoms with E-state index in [-0.39, 0.29) is 37.2 Å². The second kappa shape index (κ2) is 12.9. The van der Waals surface area contributed by atoms with Gasteiger partial charge >= 0.3 is 5.97 Å². The molecule has 4 rings (SSSR count). The minimum atomic E-state index is -0.963. The Kier molecular flexibility index (Phi) is 9.35. The number of piperidine rings is 1. The van der Waals surface area contributed by atoms with Gasteiger partial charge in [-0.3, -0.25) is 14.4 Å². The highest BCUT2D eigenvalue weighted by Gasteiger charge is 2.40. The van der Waals surface area contributed by atoms with Crippen molar-refractivity contribution < 1.29 is 28.7 Å². The van der Waals surface area contributed by atoms with E-state index in [4.69, 9.17) is 9.47 Å². The number of piperazine rings is 1. The van der Waals surface area contributed by atoms with Crippen molar-refractivity contribution in [2.75, 3.05) is 46.9 Å². The van der Waals surface area contributed by atoms with E-state index in [0.29, 0.717) is 17.2 Å². The van der Waals surface area contributed by atoms with Crippen molar-refractivity contribution in [2.45, 2.75) is 31.3 Å². The molecule has 2 aromatic rings. The average Bonchev–Trinajstić information content (AvgIpc) is 3.51. The molecule has 0 unspecified atom stereocenters. The summed E-state index contributed by atoms with van der Waals surface area (Å²) in [6.45, 7) is 2.22. The first-order valence-corrected chi connectivity index (χ1v) is 13.6. The van der Waals surface area contributed by atoms with Crippen LogP contribution < -0.4 is 15.4 Å². The molecule has 0 radical (unpaired) electrons. The van der Waals surface area contributed by atoms with Crippen molar-refractivity contribution in [3.63, 3.8) is 0 Å². The third-order valence-electron chi connectivity index (χ3n) is 7.08. The van der Waals surface area contributed by atoms with Crippen LogP contribution in [-0.4, -0.2) is 92.5 Å². The normalized spacial score (nSPS) is 18.9. The van der Waals surface area contributed by atoms with Gasteiger partial charge in [-0.1, -0.05) is 18.2 Å². The van der Waals surface area contributed by atoms with Crippen molar-refractivity contribution >= 4 is 35.0 Å². The Morgan fingerprint density at radius 1 is 1.08 bits per heavy atom. The van der Waals surface area contributed by atoms with Crippen molar-refractivity contribution in [3.8, 4) is 5.75 Å². The Bertz CT molecular complexity index is 1120. The van der Waals surface area contributed by atoms with Gasteiger partial charge in [0.25, 0.3) is 5.91 Å². The summed E-state index contributed by atoms with van der Waals surface area (Å²) in [6, 6.07) is 8.78. The maximum Gasteiger partial charge on any atom is 0.328 e. The number of carbonyl (C=O) groups excluding carboxylic acids is 4. The first-order valence-electron chi connectivity index (χ1n) is 12.8. The molecule has 2 atom stereocenters. The topological polar surface area (TPSA) is 117 Å². The Labute approximate surface area is 226 Å². The standard InChI is InChI=1S/C27H34N4O6S/c1-36-20-7-5-18(6-8-20)16-21(27(35)37-2)29-24(32)22-17-30(25(33)19-9-11-28-12-10-19)13-14-31(22)26(34)23-4-3-15-38-23/h3-8,15,19,21-22,28H,9-14,16-17H2,1-2H3,(H,29,32)/t21-,22-/m0/s1. The maximum absolute atomic E-state index is 13.7. The summed E-state index contributed by atoms with van der Waals surface area (Å²) < 4.78 is 10.2. The van der Waals surface area contributed by atoms with Crippen molar-refractivity contribution in [1.29, 1.82) is 0 Å². The highest BCUT2D eigenvalue weighted by molar-refractivity contribution is 7.12. The molecule has 38 heavy (non-hydrogen) atoms. The Morgan fingerprint density at radius 3 is 2.45 bits per heavy atom. The Hall–Kier alpha value is -3.44. The smallest absolute Gasteiger partial charge is 0.328 e. The predicted octanol–water partition coefficient (Wildman–Crippen LogP) is 1.31. The molecule has 1 aromatic carbocycles. The first kappa shape index (κ1) is 27.6. The van der Waals surface area contributed by atoms with E-state index < -0.39 is 24.0 Å². The van der Waals surface area contributed by atoms with Crippen LogP contribution in [0.5, 0.6) is 5.75 Å². The molecule has 10 nitrogen and oxygen atoms in total. The van der Waals surface area contributed by atoms with Gasteiger partial charge < -0.3 is 29.9 Å².